The Morgan fingerprint density at radius 1 is 1.30 bits per heavy atom. The van der Waals surface area contributed by atoms with Crippen molar-refractivity contribution in [3.8, 4) is 5.75 Å². The molecule has 7 heteroatoms. The second-order valence-corrected chi connectivity index (χ2v) is 6.07. The minimum absolute atomic E-state index is 0.251. The average molecular weight is 493 g/mol. The highest BCUT2D eigenvalue weighted by Gasteiger charge is 2.05. The number of phenols is 1. The maximum absolute atomic E-state index is 11.7. The van der Waals surface area contributed by atoms with Crippen molar-refractivity contribution in [3.05, 3.63) is 54.9 Å². The van der Waals surface area contributed by atoms with Gasteiger partial charge >= 0.3 is 0 Å². The summed E-state index contributed by atoms with van der Waals surface area (Å²) in [5, 5.41) is 13.5. The lowest BCUT2D eigenvalue weighted by atomic mass is 10.2. The Balaban J connectivity index is 2.06. The van der Waals surface area contributed by atoms with E-state index in [1.165, 1.54) is 6.21 Å². The summed E-state index contributed by atoms with van der Waals surface area (Å²) in [4.78, 5) is 15.6. The Kier molecular flexibility index (Phi) is 5.29. The molecule has 0 saturated carbocycles. The van der Waals surface area contributed by atoms with Crippen molar-refractivity contribution < 1.29 is 9.90 Å². The molecule has 0 saturated heterocycles. The van der Waals surface area contributed by atoms with Crippen molar-refractivity contribution >= 4 is 57.3 Å². The van der Waals surface area contributed by atoms with Crippen LogP contribution in [0.4, 0.5) is 0 Å². The van der Waals surface area contributed by atoms with E-state index in [9.17, 15) is 9.90 Å². The Bertz CT molecular complexity index is 637. The molecule has 102 valence electrons. The molecule has 5 nitrogen and oxygen atoms in total. The number of nitrogens with one attached hydrogen (secondary N) is 1. The largest absolute Gasteiger partial charge is 0.506 e. The summed E-state index contributed by atoms with van der Waals surface area (Å²) in [5.41, 5.74) is 3.50. The van der Waals surface area contributed by atoms with Gasteiger partial charge in [0.2, 0.25) is 0 Å². The molecule has 20 heavy (non-hydrogen) atoms. The number of hydrogen-bond donors (Lipinski definition) is 2. The summed E-state index contributed by atoms with van der Waals surface area (Å²) in [6.45, 7) is 0. The number of benzene rings is 1. The standard InChI is InChI=1S/C13H9I2N3O2/c14-9-5-8(6-10(15)12(9)19)7-17-18-13(20)11-3-1-2-4-16-11/h1-7,19H,(H,18,20)/b17-7+. The van der Waals surface area contributed by atoms with Gasteiger partial charge < -0.3 is 5.11 Å². The first-order valence-electron chi connectivity index (χ1n) is 5.50. The second-order valence-electron chi connectivity index (χ2n) is 3.75. The number of amides is 1. The number of phenolic OH excluding ortho intramolecular Hbond substituents is 1. The van der Waals surface area contributed by atoms with Gasteiger partial charge in [-0.1, -0.05) is 6.07 Å². The van der Waals surface area contributed by atoms with Crippen LogP contribution in [0.2, 0.25) is 0 Å². The molecule has 0 radical (unpaired) electrons. The third kappa shape index (κ3) is 3.88. The maximum atomic E-state index is 11.7. The summed E-state index contributed by atoms with van der Waals surface area (Å²) in [6, 6.07) is 8.62. The van der Waals surface area contributed by atoms with Crippen LogP contribution in [-0.2, 0) is 0 Å². The monoisotopic (exact) mass is 493 g/mol. The zero-order valence-corrected chi connectivity index (χ0v) is 14.4. The summed E-state index contributed by atoms with van der Waals surface area (Å²) < 4.78 is 1.46. The topological polar surface area (TPSA) is 74.6 Å². The van der Waals surface area contributed by atoms with Gasteiger partial charge in [0.25, 0.3) is 5.91 Å². The second kappa shape index (κ2) is 6.97. The van der Waals surface area contributed by atoms with Gasteiger partial charge in [0.1, 0.15) is 11.4 Å². The number of halogens is 2. The molecule has 1 aromatic heterocycles. The van der Waals surface area contributed by atoms with E-state index >= 15 is 0 Å². The van der Waals surface area contributed by atoms with E-state index in [-0.39, 0.29) is 11.7 Å². The first-order valence-corrected chi connectivity index (χ1v) is 7.66. The number of hydrazone groups is 1. The summed E-state index contributed by atoms with van der Waals surface area (Å²) in [5.74, 6) is -0.120. The van der Waals surface area contributed by atoms with Gasteiger partial charge in [-0.2, -0.15) is 5.10 Å². The highest BCUT2D eigenvalue weighted by atomic mass is 127. The van der Waals surface area contributed by atoms with E-state index in [0.29, 0.717) is 5.69 Å². The van der Waals surface area contributed by atoms with Crippen molar-refractivity contribution in [2.24, 2.45) is 5.10 Å². The van der Waals surface area contributed by atoms with Crippen LogP contribution in [0, 0.1) is 7.14 Å². The van der Waals surface area contributed by atoms with Crippen molar-refractivity contribution in [2.45, 2.75) is 0 Å². The molecule has 2 rings (SSSR count). The molecule has 2 aromatic rings. The molecule has 0 aliphatic rings. The predicted octanol–water partition coefficient (Wildman–Crippen LogP) is 2.76. The lowest BCUT2D eigenvalue weighted by molar-refractivity contribution is 0.0950. The fourth-order valence-electron chi connectivity index (χ4n) is 1.38. The third-order valence-electron chi connectivity index (χ3n) is 2.32. The van der Waals surface area contributed by atoms with Crippen molar-refractivity contribution in [3.63, 3.8) is 0 Å². The molecule has 0 aliphatic carbocycles. The van der Waals surface area contributed by atoms with Gasteiger partial charge in [0, 0.05) is 6.20 Å². The molecule has 0 spiro atoms. The smallest absolute Gasteiger partial charge is 0.289 e. The SMILES string of the molecule is O=C(N/N=C/c1cc(I)c(O)c(I)c1)c1ccccn1. The molecule has 0 fully saturated rings. The van der Waals surface area contributed by atoms with E-state index in [4.69, 9.17) is 0 Å². The van der Waals surface area contributed by atoms with Crippen LogP contribution in [-0.4, -0.2) is 22.2 Å². The third-order valence-corrected chi connectivity index (χ3v) is 3.96. The number of carbonyl (C=O) groups excluding carboxylic acids is 1. The number of nitrogens with zero attached hydrogens (tertiary/aromatic N) is 2. The fraction of sp³-hybridized carbons (Fsp3) is 0. The van der Waals surface area contributed by atoms with Crippen LogP contribution in [0.5, 0.6) is 5.75 Å². The quantitative estimate of drug-likeness (QED) is 0.393. The Morgan fingerprint density at radius 2 is 2.00 bits per heavy atom. The molecule has 1 aromatic carbocycles. The fourth-order valence-corrected chi connectivity index (χ4v) is 3.20. The zero-order chi connectivity index (χ0) is 14.5. The van der Waals surface area contributed by atoms with E-state index in [1.54, 1.807) is 36.5 Å². The Hall–Kier alpha value is -1.23. The number of hydrogen-bond acceptors (Lipinski definition) is 4. The van der Waals surface area contributed by atoms with Crippen LogP contribution in [0.3, 0.4) is 0 Å². The summed E-state index contributed by atoms with van der Waals surface area (Å²) in [7, 11) is 0. The number of aromatic nitrogens is 1. The molecule has 0 atom stereocenters. The average Bonchev–Trinajstić information content (AvgIpc) is 2.45. The lowest BCUT2D eigenvalue weighted by Gasteiger charge is -2.02. The van der Waals surface area contributed by atoms with Crippen LogP contribution in [0.1, 0.15) is 16.1 Å². The maximum Gasteiger partial charge on any atom is 0.289 e. The molecular formula is C13H9I2N3O2. The van der Waals surface area contributed by atoms with Gasteiger partial charge in [-0.25, -0.2) is 5.43 Å². The van der Waals surface area contributed by atoms with Crippen molar-refractivity contribution in [1.82, 2.24) is 10.4 Å². The first kappa shape index (κ1) is 15.2. The van der Waals surface area contributed by atoms with Crippen molar-refractivity contribution in [1.29, 1.82) is 0 Å². The van der Waals surface area contributed by atoms with E-state index in [1.807, 2.05) is 45.2 Å². The highest BCUT2D eigenvalue weighted by molar-refractivity contribution is 14.1. The zero-order valence-electron chi connectivity index (χ0n) is 10.0. The van der Waals surface area contributed by atoms with Gasteiger partial charge in [-0.3, -0.25) is 9.78 Å². The van der Waals surface area contributed by atoms with Crippen LogP contribution >= 0.6 is 45.2 Å². The minimum Gasteiger partial charge on any atom is -0.506 e. The number of rotatable bonds is 3. The van der Waals surface area contributed by atoms with Crippen molar-refractivity contribution in [2.75, 3.05) is 0 Å². The predicted molar refractivity (Wildman–Crippen MR) is 92.8 cm³/mol. The minimum atomic E-state index is -0.370. The Labute approximate surface area is 142 Å². The lowest BCUT2D eigenvalue weighted by Crippen LogP contribution is -2.18. The van der Waals surface area contributed by atoms with Gasteiger partial charge in [0.15, 0.2) is 0 Å². The molecule has 0 aliphatic heterocycles. The molecular weight excluding hydrogens is 484 g/mol. The Morgan fingerprint density at radius 3 is 2.60 bits per heavy atom. The summed E-state index contributed by atoms with van der Waals surface area (Å²) in [6.07, 6.45) is 3.06. The van der Waals surface area contributed by atoms with E-state index in [0.717, 1.165) is 12.7 Å². The molecule has 0 unspecified atom stereocenters. The van der Waals surface area contributed by atoms with Crippen LogP contribution in [0.25, 0.3) is 0 Å². The van der Waals surface area contributed by atoms with Gasteiger partial charge in [-0.15, -0.1) is 0 Å². The normalized spacial score (nSPS) is 10.7. The first-order chi connectivity index (χ1) is 9.58. The molecule has 0 bridgehead atoms. The highest BCUT2D eigenvalue weighted by Crippen LogP contribution is 2.26. The van der Waals surface area contributed by atoms with Crippen LogP contribution < -0.4 is 5.43 Å². The van der Waals surface area contributed by atoms with Crippen LogP contribution in [0.15, 0.2) is 41.6 Å². The van der Waals surface area contributed by atoms with Gasteiger partial charge in [0.05, 0.1) is 13.4 Å². The summed E-state index contributed by atoms with van der Waals surface area (Å²) >= 11 is 4.07. The number of pyridine rings is 1. The molecule has 2 N–H and O–H groups in total. The molecule has 1 heterocycles. The number of aromatic hydroxyl groups is 1. The van der Waals surface area contributed by atoms with E-state index < -0.39 is 0 Å². The molecule has 1 amide bonds. The van der Waals surface area contributed by atoms with Gasteiger partial charge in [-0.05, 0) is 75.0 Å². The number of carbonyl (C=O) groups is 1. The van der Waals surface area contributed by atoms with E-state index in [2.05, 4.69) is 15.5 Å².